The summed E-state index contributed by atoms with van der Waals surface area (Å²) in [6.07, 6.45) is 0. The first-order chi connectivity index (χ1) is 13.6. The van der Waals surface area contributed by atoms with Gasteiger partial charge in [-0.3, -0.25) is 0 Å². The van der Waals surface area contributed by atoms with Crippen LogP contribution in [-0.4, -0.2) is 0 Å². The third kappa shape index (κ3) is 2.68. The van der Waals surface area contributed by atoms with E-state index in [1.54, 1.807) is 0 Å². The lowest BCUT2D eigenvalue weighted by Crippen LogP contribution is -2.35. The van der Waals surface area contributed by atoms with Gasteiger partial charge in [-0.25, -0.2) is 0 Å². The van der Waals surface area contributed by atoms with Crippen LogP contribution in [0, 0.1) is 32.1 Å². The molecule has 4 rings (SSSR count). The van der Waals surface area contributed by atoms with Gasteiger partial charge in [0.25, 0.3) is 0 Å². The van der Waals surface area contributed by atoms with Gasteiger partial charge in [-0.2, -0.15) is 9.83 Å². The standard InChI is InChI=1S/C25H25N2O/c1-14(2)18-11-17(5)27(6)21(12-18)23-16(4)7-8-20-24-19(13-26)9-15(3)10-22(24)28-25(20)23/h7-12,14H,1-6H3/q+1/i14D. The number of nitrogens with zero attached hydrogens (tertiary/aromatic N) is 2. The molecule has 0 spiro atoms. The number of aryl methyl sites for hydroxylation is 3. The smallest absolute Gasteiger partial charge is 0.216 e. The van der Waals surface area contributed by atoms with Gasteiger partial charge >= 0.3 is 0 Å². The van der Waals surface area contributed by atoms with Crippen LogP contribution in [0.15, 0.2) is 40.8 Å². The van der Waals surface area contributed by atoms with Gasteiger partial charge in [0.05, 0.1) is 17.2 Å². The molecule has 140 valence electrons. The summed E-state index contributed by atoms with van der Waals surface area (Å²) in [6, 6.07) is 14.5. The minimum absolute atomic E-state index is 0.634. The number of fused-ring (bicyclic) bond motifs is 3. The van der Waals surface area contributed by atoms with E-state index in [2.05, 4.69) is 42.7 Å². The van der Waals surface area contributed by atoms with Crippen molar-refractivity contribution >= 4 is 21.9 Å². The summed E-state index contributed by atoms with van der Waals surface area (Å²) in [7, 11) is 2.04. The topological polar surface area (TPSA) is 40.8 Å². The van der Waals surface area contributed by atoms with Crippen LogP contribution < -0.4 is 4.57 Å². The highest BCUT2D eigenvalue weighted by Gasteiger charge is 2.24. The number of nitriles is 1. The fraction of sp³-hybridized carbons (Fsp3) is 0.280. The number of hydrogen-bond donors (Lipinski definition) is 0. The number of hydrogen-bond acceptors (Lipinski definition) is 2. The minimum atomic E-state index is -0.700. The zero-order valence-electron chi connectivity index (χ0n) is 18.3. The van der Waals surface area contributed by atoms with Crippen LogP contribution in [-0.2, 0) is 7.05 Å². The highest BCUT2D eigenvalue weighted by Crippen LogP contribution is 2.39. The summed E-state index contributed by atoms with van der Waals surface area (Å²) in [5.74, 6) is -0.700. The maximum absolute atomic E-state index is 9.67. The van der Waals surface area contributed by atoms with E-state index in [1.165, 1.54) is 0 Å². The van der Waals surface area contributed by atoms with E-state index < -0.39 is 5.89 Å². The van der Waals surface area contributed by atoms with Crippen molar-refractivity contribution in [2.45, 2.75) is 40.5 Å². The van der Waals surface area contributed by atoms with Gasteiger partial charge in [-0.05, 0) is 48.6 Å². The molecule has 0 atom stereocenters. The quantitative estimate of drug-likeness (QED) is 0.406. The molecule has 0 unspecified atom stereocenters. The van der Waals surface area contributed by atoms with Crippen LogP contribution in [0.4, 0.5) is 0 Å². The Labute approximate surface area is 167 Å². The van der Waals surface area contributed by atoms with Crippen LogP contribution >= 0.6 is 0 Å². The lowest BCUT2D eigenvalue weighted by Gasteiger charge is -2.11. The Morgan fingerprint density at radius 1 is 1.11 bits per heavy atom. The second-order valence-electron chi connectivity index (χ2n) is 7.86. The van der Waals surface area contributed by atoms with E-state index >= 15 is 0 Å². The van der Waals surface area contributed by atoms with E-state index in [-0.39, 0.29) is 0 Å². The largest absolute Gasteiger partial charge is 0.455 e. The Hall–Kier alpha value is -3.12. The van der Waals surface area contributed by atoms with Crippen LogP contribution in [0.1, 0.15) is 49.1 Å². The van der Waals surface area contributed by atoms with Crippen molar-refractivity contribution in [2.24, 2.45) is 7.05 Å². The molecule has 3 heteroatoms. The molecule has 0 fully saturated rings. The average molecular weight is 370 g/mol. The molecule has 2 aromatic heterocycles. The number of benzene rings is 2. The molecule has 0 aliphatic carbocycles. The second kappa shape index (κ2) is 6.49. The predicted octanol–water partition coefficient (Wildman–Crippen LogP) is 6.00. The fourth-order valence-corrected chi connectivity index (χ4v) is 3.94. The third-order valence-electron chi connectivity index (χ3n) is 5.59. The highest BCUT2D eigenvalue weighted by molar-refractivity contribution is 6.12. The maximum atomic E-state index is 9.67. The van der Waals surface area contributed by atoms with Gasteiger partial charge in [-0.15, -0.1) is 0 Å². The average Bonchev–Trinajstić information content (AvgIpc) is 3.00. The van der Waals surface area contributed by atoms with Crippen LogP contribution in [0.25, 0.3) is 33.2 Å². The third-order valence-corrected chi connectivity index (χ3v) is 5.59. The zero-order valence-corrected chi connectivity index (χ0v) is 17.3. The summed E-state index contributed by atoms with van der Waals surface area (Å²) in [4.78, 5) is 0. The Morgan fingerprint density at radius 2 is 1.86 bits per heavy atom. The molecular weight excluding hydrogens is 344 g/mol. The van der Waals surface area contributed by atoms with Crippen molar-refractivity contribution in [3.8, 4) is 17.3 Å². The molecule has 0 saturated heterocycles. The number of aromatic nitrogens is 1. The van der Waals surface area contributed by atoms with E-state index in [4.69, 9.17) is 5.79 Å². The molecule has 0 aliphatic heterocycles. The van der Waals surface area contributed by atoms with Crippen LogP contribution in [0.3, 0.4) is 0 Å². The molecule has 0 bridgehead atoms. The van der Waals surface area contributed by atoms with Crippen molar-refractivity contribution in [1.82, 2.24) is 0 Å². The Balaban J connectivity index is 2.16. The number of pyridine rings is 1. The molecule has 0 aliphatic rings. The first kappa shape index (κ1) is 17.0. The molecule has 2 heterocycles. The monoisotopic (exact) mass is 370 g/mol. The molecular formula is C25H25N2O+. The second-order valence-corrected chi connectivity index (χ2v) is 7.86. The van der Waals surface area contributed by atoms with Gasteiger partial charge in [0, 0.05) is 31.2 Å². The minimum Gasteiger partial charge on any atom is -0.455 e. The Kier molecular flexibility index (Phi) is 3.94. The maximum Gasteiger partial charge on any atom is 0.216 e. The van der Waals surface area contributed by atoms with Crippen molar-refractivity contribution in [2.75, 3.05) is 0 Å². The molecule has 0 amide bonds. The predicted molar refractivity (Wildman–Crippen MR) is 113 cm³/mol. The van der Waals surface area contributed by atoms with Crippen molar-refractivity contribution in [1.29, 1.82) is 5.26 Å². The van der Waals surface area contributed by atoms with Crippen molar-refractivity contribution in [3.63, 3.8) is 0 Å². The fourth-order valence-electron chi connectivity index (χ4n) is 3.94. The number of furan rings is 1. The molecule has 0 radical (unpaired) electrons. The number of rotatable bonds is 2. The van der Waals surface area contributed by atoms with Crippen LogP contribution in [0.2, 0.25) is 0 Å². The van der Waals surface area contributed by atoms with E-state index in [1.807, 2.05) is 46.0 Å². The lowest BCUT2D eigenvalue weighted by molar-refractivity contribution is -0.666. The van der Waals surface area contributed by atoms with E-state index in [0.717, 1.165) is 55.6 Å². The zero-order chi connectivity index (χ0) is 21.1. The Morgan fingerprint density at radius 3 is 2.54 bits per heavy atom. The molecule has 0 N–H and O–H groups in total. The van der Waals surface area contributed by atoms with Gasteiger partial charge in [0.2, 0.25) is 5.69 Å². The van der Waals surface area contributed by atoms with Crippen molar-refractivity contribution in [3.05, 3.63) is 64.3 Å². The normalized spacial score (nSPS) is 12.4. The molecule has 4 aromatic rings. The molecule has 3 nitrogen and oxygen atoms in total. The summed E-state index contributed by atoms with van der Waals surface area (Å²) in [5.41, 5.74) is 8.33. The van der Waals surface area contributed by atoms with Crippen molar-refractivity contribution < 1.29 is 10.4 Å². The molecule has 2 aromatic carbocycles. The van der Waals surface area contributed by atoms with Gasteiger partial charge in [0.15, 0.2) is 5.69 Å². The van der Waals surface area contributed by atoms with Gasteiger partial charge < -0.3 is 4.42 Å². The Bertz CT molecular complexity index is 1330. The van der Waals surface area contributed by atoms with Crippen LogP contribution in [0.5, 0.6) is 0 Å². The molecule has 0 saturated carbocycles. The highest BCUT2D eigenvalue weighted by atomic mass is 16.3. The summed E-state index contributed by atoms with van der Waals surface area (Å²) < 4.78 is 17.0. The summed E-state index contributed by atoms with van der Waals surface area (Å²) >= 11 is 0. The first-order valence-corrected chi connectivity index (χ1v) is 9.50. The lowest BCUT2D eigenvalue weighted by atomic mass is 9.95. The summed E-state index contributed by atoms with van der Waals surface area (Å²) in [5, 5.41) is 11.5. The van der Waals surface area contributed by atoms with Gasteiger partial charge in [0.1, 0.15) is 18.2 Å². The SMILES string of the molecule is [2H]C(C)(C)c1cc(C)[n+](C)c(-c2c(C)ccc3c2oc2cc(C)cc(C#N)c23)c1. The van der Waals surface area contributed by atoms with Gasteiger partial charge in [-0.1, -0.05) is 26.0 Å². The molecule has 28 heavy (non-hydrogen) atoms. The first-order valence-electron chi connectivity index (χ1n) is 10.00. The van der Waals surface area contributed by atoms with E-state index in [0.29, 0.717) is 5.56 Å². The summed E-state index contributed by atoms with van der Waals surface area (Å²) in [6.45, 7) is 9.92. The van der Waals surface area contributed by atoms with E-state index in [9.17, 15) is 5.26 Å².